The minimum Gasteiger partial charge on any atom is -0.341 e. The number of allylic oxidation sites excluding steroid dienone is 1. The molecule has 0 saturated heterocycles. The SMILES string of the molecule is C=C(/N=C1\C(=C/C)C=C(c2ccccc2Cl)C(=O)N1C1CSc2ccccc2C1)Nc1ccc(C2=CCNCC2)cc1. The Kier molecular flexibility index (Phi) is 8.47. The Bertz CT molecular complexity index is 1650. The Morgan fingerprint density at radius 1 is 1.12 bits per heavy atom. The summed E-state index contributed by atoms with van der Waals surface area (Å²) in [4.78, 5) is 22.4. The predicted octanol–water partition coefficient (Wildman–Crippen LogP) is 7.59. The van der Waals surface area contributed by atoms with Gasteiger partial charge in [-0.3, -0.25) is 9.69 Å². The van der Waals surface area contributed by atoms with E-state index in [1.165, 1.54) is 21.6 Å². The first-order valence-corrected chi connectivity index (χ1v) is 15.6. The third kappa shape index (κ3) is 5.88. The van der Waals surface area contributed by atoms with Crippen LogP contribution in [0, 0.1) is 0 Å². The van der Waals surface area contributed by atoms with E-state index in [0.29, 0.717) is 22.3 Å². The number of aliphatic imine (C=N–C) groups is 1. The van der Waals surface area contributed by atoms with Gasteiger partial charge in [-0.15, -0.1) is 11.8 Å². The van der Waals surface area contributed by atoms with Gasteiger partial charge in [0.2, 0.25) is 0 Å². The van der Waals surface area contributed by atoms with Crippen molar-refractivity contribution in [3.8, 4) is 0 Å². The number of rotatable bonds is 6. The van der Waals surface area contributed by atoms with Gasteiger partial charge < -0.3 is 10.6 Å². The van der Waals surface area contributed by atoms with Crippen molar-refractivity contribution in [2.24, 2.45) is 4.99 Å². The van der Waals surface area contributed by atoms with Crippen LogP contribution in [0.2, 0.25) is 5.02 Å². The number of amidine groups is 1. The van der Waals surface area contributed by atoms with Gasteiger partial charge >= 0.3 is 0 Å². The number of fused-ring (bicyclic) bond motifs is 1. The van der Waals surface area contributed by atoms with Crippen LogP contribution < -0.4 is 10.6 Å². The van der Waals surface area contributed by atoms with Gasteiger partial charge in [0.05, 0.1) is 6.04 Å². The first-order chi connectivity index (χ1) is 20.5. The van der Waals surface area contributed by atoms with Crippen molar-refractivity contribution in [2.75, 3.05) is 24.2 Å². The molecule has 212 valence electrons. The molecule has 3 aromatic carbocycles. The molecule has 0 fully saturated rings. The van der Waals surface area contributed by atoms with Crippen LogP contribution in [0.5, 0.6) is 0 Å². The molecule has 7 heteroatoms. The molecule has 5 nitrogen and oxygen atoms in total. The summed E-state index contributed by atoms with van der Waals surface area (Å²) in [5, 5.41) is 7.25. The normalized spacial score (nSPS) is 20.7. The number of carbonyl (C=O) groups is 1. The quantitative estimate of drug-likeness (QED) is 0.310. The molecule has 6 rings (SSSR count). The second kappa shape index (κ2) is 12.6. The maximum atomic E-state index is 14.3. The Morgan fingerprint density at radius 3 is 2.67 bits per heavy atom. The number of amides is 1. The molecule has 3 heterocycles. The van der Waals surface area contributed by atoms with Crippen LogP contribution in [-0.2, 0) is 11.2 Å². The molecule has 0 aromatic heterocycles. The highest BCUT2D eigenvalue weighted by Gasteiger charge is 2.38. The first-order valence-electron chi connectivity index (χ1n) is 14.2. The summed E-state index contributed by atoms with van der Waals surface area (Å²) < 4.78 is 0. The number of thioether (sulfide) groups is 1. The van der Waals surface area contributed by atoms with E-state index >= 15 is 0 Å². The van der Waals surface area contributed by atoms with Crippen molar-refractivity contribution in [1.29, 1.82) is 0 Å². The molecule has 0 spiro atoms. The van der Waals surface area contributed by atoms with E-state index in [0.717, 1.165) is 48.5 Å². The summed E-state index contributed by atoms with van der Waals surface area (Å²) in [6.07, 6.45) is 7.91. The lowest BCUT2D eigenvalue weighted by molar-refractivity contribution is -0.122. The Hall–Kier alpha value is -3.84. The monoisotopic (exact) mass is 592 g/mol. The van der Waals surface area contributed by atoms with Crippen molar-refractivity contribution in [3.63, 3.8) is 0 Å². The Morgan fingerprint density at radius 2 is 1.90 bits per heavy atom. The van der Waals surface area contributed by atoms with E-state index < -0.39 is 0 Å². The molecule has 0 radical (unpaired) electrons. The molecule has 42 heavy (non-hydrogen) atoms. The van der Waals surface area contributed by atoms with Gasteiger partial charge in [0.1, 0.15) is 11.7 Å². The van der Waals surface area contributed by atoms with E-state index in [1.54, 1.807) is 11.8 Å². The molecule has 1 atom stereocenters. The van der Waals surface area contributed by atoms with Gasteiger partial charge in [-0.1, -0.05) is 78.9 Å². The molecule has 0 saturated carbocycles. The van der Waals surface area contributed by atoms with Crippen LogP contribution in [-0.4, -0.2) is 41.5 Å². The van der Waals surface area contributed by atoms with E-state index in [9.17, 15) is 4.79 Å². The molecule has 1 amide bonds. The number of hydrogen-bond acceptors (Lipinski definition) is 5. The molecule has 3 aliphatic heterocycles. The summed E-state index contributed by atoms with van der Waals surface area (Å²) in [6.45, 7) is 8.10. The van der Waals surface area contributed by atoms with Crippen LogP contribution in [0.15, 0.2) is 119 Å². The van der Waals surface area contributed by atoms with Gasteiger partial charge in [0.25, 0.3) is 5.91 Å². The molecule has 1 unspecified atom stereocenters. The van der Waals surface area contributed by atoms with E-state index in [4.69, 9.17) is 16.6 Å². The van der Waals surface area contributed by atoms with Crippen molar-refractivity contribution < 1.29 is 4.79 Å². The summed E-state index contributed by atoms with van der Waals surface area (Å²) >= 11 is 8.37. The van der Waals surface area contributed by atoms with Gasteiger partial charge in [-0.05, 0) is 73.4 Å². The minimum atomic E-state index is -0.107. The largest absolute Gasteiger partial charge is 0.341 e. The maximum absolute atomic E-state index is 14.3. The number of nitrogens with one attached hydrogen (secondary N) is 2. The standard InChI is InChI=1S/C35H33ClN4OS/c1-3-24-21-31(30-9-5-6-10-32(30)36)35(41)40(29-20-27-8-4-7-11-33(27)42-22-29)34(24)39-23(2)38-28-14-12-25(13-15-28)26-16-18-37-19-17-26/h3-16,21,29,37-38H,2,17-20,22H2,1H3/b24-3-,39-34+. The number of carbonyl (C=O) groups excluding carboxylic acids is 1. The van der Waals surface area contributed by atoms with Gasteiger partial charge in [0.15, 0.2) is 0 Å². The van der Waals surface area contributed by atoms with Gasteiger partial charge in [-0.2, -0.15) is 0 Å². The van der Waals surface area contributed by atoms with Crippen LogP contribution >= 0.6 is 23.4 Å². The number of benzene rings is 3. The highest BCUT2D eigenvalue weighted by Crippen LogP contribution is 2.37. The van der Waals surface area contributed by atoms with E-state index in [1.807, 2.05) is 60.4 Å². The lowest BCUT2D eigenvalue weighted by Crippen LogP contribution is -2.50. The van der Waals surface area contributed by atoms with Gasteiger partial charge in [-0.25, -0.2) is 4.99 Å². The predicted molar refractivity (Wildman–Crippen MR) is 177 cm³/mol. The Labute approximate surface area is 256 Å². The molecule has 0 aliphatic carbocycles. The highest BCUT2D eigenvalue weighted by molar-refractivity contribution is 7.99. The zero-order valence-corrected chi connectivity index (χ0v) is 25.1. The molecule has 3 aromatic rings. The average Bonchev–Trinajstić information content (AvgIpc) is 3.02. The molecule has 0 bridgehead atoms. The second-order valence-corrected chi connectivity index (χ2v) is 12.0. The van der Waals surface area contributed by atoms with Crippen molar-refractivity contribution in [1.82, 2.24) is 10.2 Å². The number of hydrogen-bond donors (Lipinski definition) is 2. The van der Waals surface area contributed by atoms with Gasteiger partial charge in [0, 0.05) is 44.6 Å². The van der Waals surface area contributed by atoms with Crippen molar-refractivity contribution in [2.45, 2.75) is 30.7 Å². The molecule has 3 aliphatic rings. The summed E-state index contributed by atoms with van der Waals surface area (Å²) in [5.41, 5.74) is 6.86. The lowest BCUT2D eigenvalue weighted by atomic mass is 9.94. The van der Waals surface area contributed by atoms with Crippen LogP contribution in [0.4, 0.5) is 5.69 Å². The van der Waals surface area contributed by atoms with Crippen LogP contribution in [0.25, 0.3) is 11.1 Å². The second-order valence-electron chi connectivity index (χ2n) is 10.5. The Balaban J connectivity index is 1.33. The number of halogens is 1. The van der Waals surface area contributed by atoms with Crippen LogP contribution in [0.3, 0.4) is 0 Å². The van der Waals surface area contributed by atoms with Crippen LogP contribution in [0.1, 0.15) is 30.0 Å². The fourth-order valence-electron chi connectivity index (χ4n) is 5.64. The lowest BCUT2D eigenvalue weighted by Gasteiger charge is -2.38. The summed E-state index contributed by atoms with van der Waals surface area (Å²) in [5.74, 6) is 1.72. The van der Waals surface area contributed by atoms with Crippen molar-refractivity contribution >= 4 is 51.9 Å². The van der Waals surface area contributed by atoms with E-state index in [2.05, 4.69) is 59.7 Å². The third-order valence-corrected chi connectivity index (χ3v) is 9.37. The fourth-order valence-corrected chi connectivity index (χ4v) is 7.03. The highest BCUT2D eigenvalue weighted by atomic mass is 35.5. The zero-order chi connectivity index (χ0) is 29.1. The third-order valence-electron chi connectivity index (χ3n) is 7.78. The van der Waals surface area contributed by atoms with E-state index in [-0.39, 0.29) is 11.9 Å². The first kappa shape index (κ1) is 28.3. The number of nitrogens with zero attached hydrogens (tertiary/aromatic N) is 2. The fraction of sp³-hybridized carbons (Fsp3) is 0.200. The minimum absolute atomic E-state index is 0.0809. The molecular weight excluding hydrogens is 560 g/mol. The van der Waals surface area contributed by atoms with Crippen molar-refractivity contribution in [3.05, 3.63) is 131 Å². The average molecular weight is 593 g/mol. The topological polar surface area (TPSA) is 56.7 Å². The molecular formula is C35H33ClN4OS. The summed E-state index contributed by atoms with van der Waals surface area (Å²) in [7, 11) is 0. The zero-order valence-electron chi connectivity index (χ0n) is 23.6. The molecule has 2 N–H and O–H groups in total. The summed E-state index contributed by atoms with van der Waals surface area (Å²) in [6, 6.07) is 24.2. The number of anilines is 1. The smallest absolute Gasteiger partial charge is 0.260 e. The maximum Gasteiger partial charge on any atom is 0.260 e.